The highest BCUT2D eigenvalue weighted by atomic mass is 32.2. The van der Waals surface area contributed by atoms with E-state index in [0.29, 0.717) is 29.9 Å². The molecule has 1 aromatic carbocycles. The first kappa shape index (κ1) is 15.6. The van der Waals surface area contributed by atoms with Crippen molar-refractivity contribution in [1.29, 1.82) is 5.26 Å². The minimum absolute atomic E-state index is 0.142. The van der Waals surface area contributed by atoms with Crippen LogP contribution in [0.1, 0.15) is 31.2 Å². The zero-order chi connectivity index (χ0) is 15.5. The molecular weight excluding hydrogens is 290 g/mol. The highest BCUT2D eigenvalue weighted by Crippen LogP contribution is 2.29. The fourth-order valence-electron chi connectivity index (χ4n) is 2.61. The van der Waals surface area contributed by atoms with E-state index in [2.05, 4.69) is 6.07 Å². The summed E-state index contributed by atoms with van der Waals surface area (Å²) >= 11 is 0. The molecule has 0 amide bonds. The molecule has 1 saturated carbocycles. The highest BCUT2D eigenvalue weighted by molar-refractivity contribution is 7.91. The lowest BCUT2D eigenvalue weighted by molar-refractivity contribution is 0.156. The number of rotatable bonds is 4. The minimum Gasteiger partial charge on any atom is -0.497 e. The van der Waals surface area contributed by atoms with Gasteiger partial charge >= 0.3 is 0 Å². The summed E-state index contributed by atoms with van der Waals surface area (Å²) in [7, 11) is -1.51. The van der Waals surface area contributed by atoms with Gasteiger partial charge in [0.2, 0.25) is 0 Å². The van der Waals surface area contributed by atoms with Gasteiger partial charge in [-0.25, -0.2) is 8.42 Å². The summed E-state index contributed by atoms with van der Waals surface area (Å²) < 4.78 is 34.3. The molecule has 1 aromatic rings. The lowest BCUT2D eigenvalue weighted by Crippen LogP contribution is -2.33. The predicted molar refractivity (Wildman–Crippen MR) is 79.2 cm³/mol. The summed E-state index contributed by atoms with van der Waals surface area (Å²) in [6.45, 7) is 0. The van der Waals surface area contributed by atoms with Gasteiger partial charge in [-0.1, -0.05) is 0 Å². The average molecular weight is 309 g/mol. The van der Waals surface area contributed by atoms with Crippen molar-refractivity contribution >= 4 is 9.84 Å². The molecule has 6 heteroatoms. The number of ether oxygens (including phenoxy) is 2. The van der Waals surface area contributed by atoms with Gasteiger partial charge in [-0.2, -0.15) is 5.26 Å². The van der Waals surface area contributed by atoms with Gasteiger partial charge in [0.25, 0.3) is 0 Å². The summed E-state index contributed by atoms with van der Waals surface area (Å²) in [6.07, 6.45) is 3.98. The van der Waals surface area contributed by atoms with Crippen LogP contribution in [-0.4, -0.2) is 33.1 Å². The molecule has 2 atom stereocenters. The second kappa shape index (κ2) is 6.35. The van der Waals surface area contributed by atoms with Crippen LogP contribution in [0.15, 0.2) is 18.2 Å². The molecule has 0 saturated heterocycles. The van der Waals surface area contributed by atoms with E-state index in [4.69, 9.17) is 14.7 Å². The molecule has 1 aliphatic rings. The summed E-state index contributed by atoms with van der Waals surface area (Å²) in [4.78, 5) is 0. The van der Waals surface area contributed by atoms with Gasteiger partial charge in [-0.15, -0.1) is 0 Å². The monoisotopic (exact) mass is 309 g/mol. The Labute approximate surface area is 125 Å². The Balaban J connectivity index is 2.13. The van der Waals surface area contributed by atoms with Crippen molar-refractivity contribution in [3.05, 3.63) is 23.8 Å². The fourth-order valence-corrected chi connectivity index (χ4v) is 3.77. The zero-order valence-electron chi connectivity index (χ0n) is 12.2. The Morgan fingerprint density at radius 1 is 1.24 bits per heavy atom. The molecule has 0 bridgehead atoms. The molecule has 0 aromatic heterocycles. The largest absolute Gasteiger partial charge is 0.497 e. The SMILES string of the molecule is COc1cc(C#N)cc(OC2CCCC(S(C)(=O)=O)C2)c1. The lowest BCUT2D eigenvalue weighted by Gasteiger charge is -2.28. The number of benzene rings is 1. The standard InChI is InChI=1S/C15H19NO4S/c1-19-13-6-11(10-16)7-14(8-13)20-12-4-3-5-15(9-12)21(2,17)18/h6-8,12,15H,3-5,9H2,1-2H3. The Bertz CT molecular complexity index is 648. The third-order valence-electron chi connectivity index (χ3n) is 3.73. The number of nitriles is 1. The second-order valence-electron chi connectivity index (χ2n) is 5.37. The van der Waals surface area contributed by atoms with Crippen molar-refractivity contribution in [1.82, 2.24) is 0 Å². The van der Waals surface area contributed by atoms with Crippen LogP contribution in [0.4, 0.5) is 0 Å². The van der Waals surface area contributed by atoms with Crippen LogP contribution < -0.4 is 9.47 Å². The van der Waals surface area contributed by atoms with Crippen molar-refractivity contribution in [2.24, 2.45) is 0 Å². The number of nitrogens with zero attached hydrogens (tertiary/aromatic N) is 1. The summed E-state index contributed by atoms with van der Waals surface area (Å²) in [6, 6.07) is 7.05. The van der Waals surface area contributed by atoms with Crippen LogP contribution in [0.25, 0.3) is 0 Å². The maximum absolute atomic E-state index is 11.7. The molecule has 0 N–H and O–H groups in total. The second-order valence-corrected chi connectivity index (χ2v) is 7.69. The van der Waals surface area contributed by atoms with Gasteiger partial charge in [0.05, 0.1) is 30.1 Å². The van der Waals surface area contributed by atoms with Gasteiger partial charge < -0.3 is 9.47 Å². The van der Waals surface area contributed by atoms with Crippen molar-refractivity contribution in [3.63, 3.8) is 0 Å². The summed E-state index contributed by atoms with van der Waals surface area (Å²) in [5.41, 5.74) is 0.458. The number of sulfone groups is 1. The third-order valence-corrected chi connectivity index (χ3v) is 5.37. The molecule has 114 valence electrons. The van der Waals surface area contributed by atoms with E-state index in [9.17, 15) is 8.42 Å². The first-order valence-electron chi connectivity index (χ1n) is 6.87. The Kier molecular flexibility index (Phi) is 4.73. The number of hydrogen-bond donors (Lipinski definition) is 0. The Morgan fingerprint density at radius 3 is 2.57 bits per heavy atom. The van der Waals surface area contributed by atoms with Crippen molar-refractivity contribution in [2.45, 2.75) is 37.0 Å². The molecule has 21 heavy (non-hydrogen) atoms. The molecule has 1 aliphatic carbocycles. The van der Waals surface area contributed by atoms with Crippen molar-refractivity contribution in [2.75, 3.05) is 13.4 Å². The van der Waals surface area contributed by atoms with Crippen LogP contribution in [0.3, 0.4) is 0 Å². The van der Waals surface area contributed by atoms with E-state index in [1.54, 1.807) is 18.2 Å². The third kappa shape index (κ3) is 4.11. The van der Waals surface area contributed by atoms with Crippen LogP contribution >= 0.6 is 0 Å². The first-order valence-corrected chi connectivity index (χ1v) is 8.82. The average Bonchev–Trinajstić information content (AvgIpc) is 2.46. The van der Waals surface area contributed by atoms with Gasteiger partial charge in [0, 0.05) is 18.7 Å². The van der Waals surface area contributed by atoms with Crippen LogP contribution in [0.2, 0.25) is 0 Å². The molecule has 0 spiro atoms. The van der Waals surface area contributed by atoms with Gasteiger partial charge in [-0.3, -0.25) is 0 Å². The predicted octanol–water partition coefficient (Wildman–Crippen LogP) is 2.30. The van der Waals surface area contributed by atoms with E-state index in [0.717, 1.165) is 12.8 Å². The van der Waals surface area contributed by atoms with Crippen LogP contribution in [0.5, 0.6) is 11.5 Å². The Morgan fingerprint density at radius 2 is 1.95 bits per heavy atom. The van der Waals surface area contributed by atoms with Crippen LogP contribution in [0, 0.1) is 11.3 Å². The van der Waals surface area contributed by atoms with Gasteiger partial charge in [0.1, 0.15) is 21.3 Å². The van der Waals surface area contributed by atoms with Gasteiger partial charge in [0.15, 0.2) is 0 Å². The molecular formula is C15H19NO4S. The quantitative estimate of drug-likeness (QED) is 0.853. The minimum atomic E-state index is -3.03. The fraction of sp³-hybridized carbons (Fsp3) is 0.533. The van der Waals surface area contributed by atoms with E-state index in [-0.39, 0.29) is 11.4 Å². The normalized spacial score (nSPS) is 22.3. The molecule has 2 unspecified atom stereocenters. The maximum atomic E-state index is 11.7. The molecule has 0 aliphatic heterocycles. The summed E-state index contributed by atoms with van der Waals surface area (Å²) in [5.74, 6) is 1.10. The topological polar surface area (TPSA) is 76.4 Å². The molecule has 1 fully saturated rings. The van der Waals surface area contributed by atoms with E-state index >= 15 is 0 Å². The Hall–Kier alpha value is -1.74. The smallest absolute Gasteiger partial charge is 0.150 e. The zero-order valence-corrected chi connectivity index (χ0v) is 13.0. The highest BCUT2D eigenvalue weighted by Gasteiger charge is 2.30. The van der Waals surface area contributed by atoms with E-state index in [1.807, 2.05) is 0 Å². The van der Waals surface area contributed by atoms with Crippen LogP contribution in [-0.2, 0) is 9.84 Å². The van der Waals surface area contributed by atoms with E-state index in [1.165, 1.54) is 13.4 Å². The molecule has 0 heterocycles. The van der Waals surface area contributed by atoms with Gasteiger partial charge in [-0.05, 0) is 31.4 Å². The van der Waals surface area contributed by atoms with Crippen molar-refractivity contribution < 1.29 is 17.9 Å². The molecule has 0 radical (unpaired) electrons. The summed E-state index contributed by atoms with van der Waals surface area (Å²) in [5, 5.41) is 8.66. The van der Waals surface area contributed by atoms with Crippen molar-refractivity contribution in [3.8, 4) is 17.6 Å². The first-order chi connectivity index (χ1) is 9.92. The lowest BCUT2D eigenvalue weighted by atomic mass is 9.97. The number of hydrogen-bond acceptors (Lipinski definition) is 5. The molecule has 5 nitrogen and oxygen atoms in total. The maximum Gasteiger partial charge on any atom is 0.150 e. The molecule has 2 rings (SSSR count). The number of methoxy groups -OCH3 is 1. The van der Waals surface area contributed by atoms with E-state index < -0.39 is 9.84 Å².